The second kappa shape index (κ2) is 3.67. The van der Waals surface area contributed by atoms with Crippen molar-refractivity contribution in [3.63, 3.8) is 0 Å². The minimum atomic E-state index is 0.0917. The molecule has 0 aromatic carbocycles. The summed E-state index contributed by atoms with van der Waals surface area (Å²) in [6.45, 7) is 4.26. The van der Waals surface area contributed by atoms with Crippen molar-refractivity contribution >= 4 is 21.6 Å². The molecule has 0 aliphatic heterocycles. The van der Waals surface area contributed by atoms with Crippen molar-refractivity contribution in [2.45, 2.75) is 19.9 Å². The van der Waals surface area contributed by atoms with Crippen LogP contribution >= 0.6 is 11.3 Å². The highest BCUT2D eigenvalue weighted by Crippen LogP contribution is 2.24. The van der Waals surface area contributed by atoms with Gasteiger partial charge in [-0.3, -0.25) is 4.98 Å². The molecule has 2 aromatic rings. The SMILES string of the molecule is CC(C)C(N)c1cnc2ccsc2c1. The maximum atomic E-state index is 6.06. The van der Waals surface area contributed by atoms with Gasteiger partial charge in [0.25, 0.3) is 0 Å². The highest BCUT2D eigenvalue weighted by atomic mass is 32.1. The third-order valence-electron chi connectivity index (χ3n) is 2.43. The molecule has 2 nitrogen and oxygen atoms in total. The number of thiophene rings is 1. The zero-order valence-electron chi connectivity index (χ0n) is 8.40. The molecular weight excluding hydrogens is 192 g/mol. The standard InChI is InChI=1S/C11H14N2S/c1-7(2)11(12)8-5-10-9(13-6-8)3-4-14-10/h3-7,11H,12H2,1-2H3. The summed E-state index contributed by atoms with van der Waals surface area (Å²) in [5, 5.41) is 2.06. The van der Waals surface area contributed by atoms with Gasteiger partial charge in [0.2, 0.25) is 0 Å². The number of pyridine rings is 1. The van der Waals surface area contributed by atoms with E-state index in [4.69, 9.17) is 5.73 Å². The quantitative estimate of drug-likeness (QED) is 0.820. The van der Waals surface area contributed by atoms with Gasteiger partial charge >= 0.3 is 0 Å². The highest BCUT2D eigenvalue weighted by Gasteiger charge is 2.11. The summed E-state index contributed by atoms with van der Waals surface area (Å²) >= 11 is 1.71. The highest BCUT2D eigenvalue weighted by molar-refractivity contribution is 7.17. The maximum absolute atomic E-state index is 6.06. The van der Waals surface area contributed by atoms with E-state index in [2.05, 4.69) is 30.3 Å². The lowest BCUT2D eigenvalue weighted by atomic mass is 9.99. The molecule has 1 atom stereocenters. The molecule has 0 bridgehead atoms. The van der Waals surface area contributed by atoms with E-state index in [9.17, 15) is 0 Å². The fourth-order valence-corrected chi connectivity index (χ4v) is 2.22. The minimum absolute atomic E-state index is 0.0917. The summed E-state index contributed by atoms with van der Waals surface area (Å²) in [6.07, 6.45) is 1.89. The average Bonchev–Trinajstić information content (AvgIpc) is 2.62. The molecule has 2 heterocycles. The number of nitrogens with zero attached hydrogens (tertiary/aromatic N) is 1. The van der Waals surface area contributed by atoms with Crippen molar-refractivity contribution < 1.29 is 0 Å². The van der Waals surface area contributed by atoms with Crippen molar-refractivity contribution in [2.75, 3.05) is 0 Å². The van der Waals surface area contributed by atoms with Gasteiger partial charge in [-0.05, 0) is 29.0 Å². The molecule has 0 spiro atoms. The van der Waals surface area contributed by atoms with Crippen LogP contribution in [-0.4, -0.2) is 4.98 Å². The number of fused-ring (bicyclic) bond motifs is 1. The second-order valence-corrected chi connectivity index (χ2v) is 4.79. The molecule has 74 valence electrons. The molecule has 1 unspecified atom stereocenters. The van der Waals surface area contributed by atoms with Crippen LogP contribution in [0.1, 0.15) is 25.5 Å². The summed E-state index contributed by atoms with van der Waals surface area (Å²) in [7, 11) is 0. The van der Waals surface area contributed by atoms with Gasteiger partial charge in [0.1, 0.15) is 0 Å². The third kappa shape index (κ3) is 1.65. The smallest absolute Gasteiger partial charge is 0.0809 e. The van der Waals surface area contributed by atoms with E-state index < -0.39 is 0 Å². The van der Waals surface area contributed by atoms with Crippen LogP contribution < -0.4 is 5.73 Å². The summed E-state index contributed by atoms with van der Waals surface area (Å²) in [5.41, 5.74) is 8.26. The molecule has 0 saturated heterocycles. The van der Waals surface area contributed by atoms with Crippen LogP contribution in [0, 0.1) is 5.92 Å². The van der Waals surface area contributed by atoms with Crippen LogP contribution in [0.3, 0.4) is 0 Å². The van der Waals surface area contributed by atoms with Gasteiger partial charge in [-0.15, -0.1) is 11.3 Å². The Labute approximate surface area is 87.8 Å². The summed E-state index contributed by atoms with van der Waals surface area (Å²) < 4.78 is 1.22. The molecule has 0 aliphatic carbocycles. The van der Waals surface area contributed by atoms with E-state index in [0.29, 0.717) is 5.92 Å². The summed E-state index contributed by atoms with van der Waals surface area (Å²) in [6, 6.07) is 4.27. The lowest BCUT2D eigenvalue weighted by Gasteiger charge is -2.15. The molecule has 3 heteroatoms. The van der Waals surface area contributed by atoms with Crippen molar-refractivity contribution in [1.82, 2.24) is 4.98 Å². The predicted octanol–water partition coefficient (Wildman–Crippen LogP) is 2.95. The van der Waals surface area contributed by atoms with Gasteiger partial charge in [0, 0.05) is 12.2 Å². The van der Waals surface area contributed by atoms with Gasteiger partial charge in [-0.1, -0.05) is 13.8 Å². The van der Waals surface area contributed by atoms with Gasteiger partial charge in [0.05, 0.1) is 10.2 Å². The van der Waals surface area contributed by atoms with Crippen LogP contribution in [0.4, 0.5) is 0 Å². The first-order valence-electron chi connectivity index (χ1n) is 4.77. The normalized spacial score (nSPS) is 13.7. The third-order valence-corrected chi connectivity index (χ3v) is 3.28. The van der Waals surface area contributed by atoms with Gasteiger partial charge in [-0.25, -0.2) is 0 Å². The summed E-state index contributed by atoms with van der Waals surface area (Å²) in [4.78, 5) is 4.38. The fraction of sp³-hybridized carbons (Fsp3) is 0.364. The minimum Gasteiger partial charge on any atom is -0.324 e. The lowest BCUT2D eigenvalue weighted by molar-refractivity contribution is 0.513. The summed E-state index contributed by atoms with van der Waals surface area (Å²) in [5.74, 6) is 0.453. The van der Waals surface area contributed by atoms with Crippen LogP contribution in [0.2, 0.25) is 0 Å². The Hall–Kier alpha value is -0.930. The fourth-order valence-electron chi connectivity index (χ4n) is 1.43. The number of hydrogen-bond acceptors (Lipinski definition) is 3. The van der Waals surface area contributed by atoms with Gasteiger partial charge < -0.3 is 5.73 Å². The van der Waals surface area contributed by atoms with E-state index in [1.807, 2.05) is 12.3 Å². The van der Waals surface area contributed by atoms with Crippen LogP contribution in [0.5, 0.6) is 0 Å². The Morgan fingerprint density at radius 3 is 2.93 bits per heavy atom. The first kappa shape index (κ1) is 9.62. The molecule has 0 aliphatic rings. The van der Waals surface area contributed by atoms with Gasteiger partial charge in [0.15, 0.2) is 0 Å². The number of hydrogen-bond donors (Lipinski definition) is 1. The molecular formula is C11H14N2S. The predicted molar refractivity (Wildman–Crippen MR) is 61.4 cm³/mol. The number of aromatic nitrogens is 1. The van der Waals surface area contributed by atoms with E-state index in [-0.39, 0.29) is 6.04 Å². The Bertz CT molecular complexity index is 434. The maximum Gasteiger partial charge on any atom is 0.0809 e. The van der Waals surface area contributed by atoms with Crippen molar-refractivity contribution in [3.8, 4) is 0 Å². The second-order valence-electron chi connectivity index (χ2n) is 3.84. The van der Waals surface area contributed by atoms with Crippen molar-refractivity contribution in [2.24, 2.45) is 11.7 Å². The topological polar surface area (TPSA) is 38.9 Å². The van der Waals surface area contributed by atoms with Crippen molar-refractivity contribution in [1.29, 1.82) is 0 Å². The number of rotatable bonds is 2. The molecule has 14 heavy (non-hydrogen) atoms. The van der Waals surface area contributed by atoms with E-state index in [1.165, 1.54) is 4.70 Å². The molecule has 0 saturated carbocycles. The Balaban J connectivity index is 2.43. The zero-order valence-corrected chi connectivity index (χ0v) is 9.21. The largest absolute Gasteiger partial charge is 0.324 e. The first-order valence-corrected chi connectivity index (χ1v) is 5.65. The Kier molecular flexibility index (Phi) is 2.52. The Morgan fingerprint density at radius 1 is 1.43 bits per heavy atom. The van der Waals surface area contributed by atoms with E-state index in [0.717, 1.165) is 11.1 Å². The molecule has 0 fully saturated rings. The first-order chi connectivity index (χ1) is 6.68. The molecule has 0 radical (unpaired) electrons. The monoisotopic (exact) mass is 206 g/mol. The van der Waals surface area contributed by atoms with Gasteiger partial charge in [-0.2, -0.15) is 0 Å². The van der Waals surface area contributed by atoms with Crippen LogP contribution in [0.15, 0.2) is 23.7 Å². The van der Waals surface area contributed by atoms with Crippen LogP contribution in [0.25, 0.3) is 10.2 Å². The molecule has 2 N–H and O–H groups in total. The zero-order chi connectivity index (χ0) is 10.1. The Morgan fingerprint density at radius 2 is 2.21 bits per heavy atom. The van der Waals surface area contributed by atoms with E-state index in [1.54, 1.807) is 11.3 Å². The molecule has 2 aromatic heterocycles. The lowest BCUT2D eigenvalue weighted by Crippen LogP contribution is -2.16. The number of nitrogens with two attached hydrogens (primary N) is 1. The van der Waals surface area contributed by atoms with Crippen LogP contribution in [-0.2, 0) is 0 Å². The van der Waals surface area contributed by atoms with Crippen molar-refractivity contribution in [3.05, 3.63) is 29.3 Å². The molecule has 0 amide bonds. The average molecular weight is 206 g/mol. The van der Waals surface area contributed by atoms with E-state index >= 15 is 0 Å². The molecule has 2 rings (SSSR count).